The van der Waals surface area contributed by atoms with Gasteiger partial charge in [0.1, 0.15) is 11.5 Å². The quantitative estimate of drug-likeness (QED) is 0.734. The lowest BCUT2D eigenvalue weighted by Gasteiger charge is -2.12. The molecule has 2 N–H and O–H groups in total. The van der Waals surface area contributed by atoms with Crippen molar-refractivity contribution < 1.29 is 9.84 Å². The topological polar surface area (TPSA) is 41.5 Å². The van der Waals surface area contributed by atoms with Crippen molar-refractivity contribution in [1.82, 2.24) is 5.32 Å². The van der Waals surface area contributed by atoms with E-state index in [-0.39, 0.29) is 6.61 Å². The predicted molar refractivity (Wildman–Crippen MR) is 88.6 cm³/mol. The summed E-state index contributed by atoms with van der Waals surface area (Å²) in [4.78, 5) is 0. The van der Waals surface area contributed by atoms with E-state index in [1.807, 2.05) is 36.4 Å². The summed E-state index contributed by atoms with van der Waals surface area (Å²) in [5, 5.41) is 12.5. The minimum atomic E-state index is 0.0450. The third kappa shape index (κ3) is 4.84. The first-order chi connectivity index (χ1) is 10.2. The second kappa shape index (κ2) is 8.17. The summed E-state index contributed by atoms with van der Waals surface area (Å²) in [5.41, 5.74) is 2.00. The fraction of sp³-hybridized carbons (Fsp3) is 0.294. The maximum atomic E-state index is 9.06. The number of ether oxygens (including phenoxy) is 1. The molecule has 0 unspecified atom stereocenters. The van der Waals surface area contributed by atoms with Gasteiger partial charge in [0.15, 0.2) is 0 Å². The smallest absolute Gasteiger partial charge is 0.133 e. The molecule has 21 heavy (non-hydrogen) atoms. The Hall–Kier alpha value is -1.36. The molecule has 2 aromatic carbocycles. The average Bonchev–Trinajstić information content (AvgIpc) is 2.50. The van der Waals surface area contributed by atoms with Crippen molar-refractivity contribution in [3.63, 3.8) is 0 Å². The van der Waals surface area contributed by atoms with Crippen LogP contribution in [0.25, 0.3) is 0 Å². The Morgan fingerprint density at radius 1 is 1.14 bits per heavy atom. The molecule has 0 saturated carbocycles. The Bertz CT molecular complexity index is 570. The monoisotopic (exact) mass is 349 g/mol. The third-order valence-corrected chi connectivity index (χ3v) is 3.60. The molecule has 0 aliphatic carbocycles. The first-order valence-corrected chi connectivity index (χ1v) is 7.89. The van der Waals surface area contributed by atoms with E-state index in [1.165, 1.54) is 0 Å². The highest BCUT2D eigenvalue weighted by Crippen LogP contribution is 2.29. The van der Waals surface area contributed by atoms with Gasteiger partial charge in [0.05, 0.1) is 6.61 Å². The van der Waals surface area contributed by atoms with Crippen molar-refractivity contribution in [1.29, 1.82) is 0 Å². The first kappa shape index (κ1) is 16.0. The molecule has 0 spiro atoms. The summed E-state index contributed by atoms with van der Waals surface area (Å²) >= 11 is 3.48. The number of nitrogens with one attached hydrogen (secondary N) is 1. The zero-order valence-electron chi connectivity index (χ0n) is 12.1. The van der Waals surface area contributed by atoms with E-state index in [0.29, 0.717) is 0 Å². The molecule has 3 nitrogen and oxygen atoms in total. The van der Waals surface area contributed by atoms with Crippen molar-refractivity contribution in [2.75, 3.05) is 6.54 Å². The Morgan fingerprint density at radius 2 is 1.90 bits per heavy atom. The van der Waals surface area contributed by atoms with Crippen LogP contribution in [0.3, 0.4) is 0 Å². The Balaban J connectivity index is 2.14. The van der Waals surface area contributed by atoms with Crippen molar-refractivity contribution in [3.8, 4) is 11.5 Å². The maximum absolute atomic E-state index is 9.06. The van der Waals surface area contributed by atoms with E-state index in [9.17, 15) is 0 Å². The lowest BCUT2D eigenvalue weighted by molar-refractivity contribution is 0.281. The van der Waals surface area contributed by atoms with Gasteiger partial charge in [-0.3, -0.25) is 0 Å². The summed E-state index contributed by atoms with van der Waals surface area (Å²) in [6.07, 6.45) is 1.11. The number of hydrogen-bond donors (Lipinski definition) is 2. The second-order valence-corrected chi connectivity index (χ2v) is 5.75. The summed E-state index contributed by atoms with van der Waals surface area (Å²) in [6.45, 7) is 3.96. The number of aliphatic hydroxyl groups is 1. The molecule has 112 valence electrons. The van der Waals surface area contributed by atoms with Crippen molar-refractivity contribution in [2.24, 2.45) is 0 Å². The summed E-state index contributed by atoms with van der Waals surface area (Å²) in [7, 11) is 0. The van der Waals surface area contributed by atoms with Crippen LogP contribution in [0.15, 0.2) is 46.9 Å². The predicted octanol–water partition coefficient (Wildman–Crippen LogP) is 4.23. The molecule has 0 atom stereocenters. The highest BCUT2D eigenvalue weighted by Gasteiger charge is 2.06. The number of rotatable bonds is 7. The molecule has 0 heterocycles. The Morgan fingerprint density at radius 3 is 2.57 bits per heavy atom. The molecule has 0 fully saturated rings. The fourth-order valence-corrected chi connectivity index (χ4v) is 2.30. The van der Waals surface area contributed by atoms with Gasteiger partial charge in [-0.15, -0.1) is 0 Å². The maximum Gasteiger partial charge on any atom is 0.133 e. The normalized spacial score (nSPS) is 10.6. The Labute approximate surface area is 134 Å². The van der Waals surface area contributed by atoms with E-state index in [0.717, 1.165) is 46.6 Å². The standard InChI is InChI=1S/C17H20BrNO2/c1-2-9-19-11-14-5-6-15(18)10-17(14)21-16-7-3-13(12-20)4-8-16/h3-8,10,19-20H,2,9,11-12H2,1H3. The summed E-state index contributed by atoms with van der Waals surface area (Å²) < 4.78 is 6.96. The Kier molecular flexibility index (Phi) is 6.23. The van der Waals surface area contributed by atoms with Gasteiger partial charge in [0.25, 0.3) is 0 Å². The molecule has 2 rings (SSSR count). The van der Waals surface area contributed by atoms with Gasteiger partial charge >= 0.3 is 0 Å². The van der Waals surface area contributed by atoms with Gasteiger partial charge in [-0.2, -0.15) is 0 Å². The van der Waals surface area contributed by atoms with Crippen LogP contribution >= 0.6 is 15.9 Å². The summed E-state index contributed by atoms with van der Waals surface area (Å²) in [6, 6.07) is 13.5. The van der Waals surface area contributed by atoms with Crippen LogP contribution in [0.4, 0.5) is 0 Å². The molecule has 0 amide bonds. The SMILES string of the molecule is CCCNCc1ccc(Br)cc1Oc1ccc(CO)cc1. The highest BCUT2D eigenvalue weighted by molar-refractivity contribution is 9.10. The van der Waals surface area contributed by atoms with Gasteiger partial charge < -0.3 is 15.2 Å². The molecule has 0 saturated heterocycles. The third-order valence-electron chi connectivity index (χ3n) is 3.11. The zero-order chi connectivity index (χ0) is 15.1. The van der Waals surface area contributed by atoms with Crippen LogP contribution < -0.4 is 10.1 Å². The van der Waals surface area contributed by atoms with E-state index < -0.39 is 0 Å². The molecule has 0 radical (unpaired) electrons. The minimum Gasteiger partial charge on any atom is -0.457 e. The number of halogens is 1. The van der Waals surface area contributed by atoms with E-state index in [4.69, 9.17) is 9.84 Å². The van der Waals surface area contributed by atoms with Crippen molar-refractivity contribution in [3.05, 3.63) is 58.1 Å². The van der Waals surface area contributed by atoms with E-state index in [1.54, 1.807) is 0 Å². The molecule has 4 heteroatoms. The number of aliphatic hydroxyl groups excluding tert-OH is 1. The van der Waals surface area contributed by atoms with E-state index >= 15 is 0 Å². The molecule has 0 bridgehead atoms. The van der Waals surface area contributed by atoms with Crippen molar-refractivity contribution in [2.45, 2.75) is 26.5 Å². The number of benzene rings is 2. The molecule has 0 aliphatic heterocycles. The van der Waals surface area contributed by atoms with Crippen LogP contribution in [0, 0.1) is 0 Å². The van der Waals surface area contributed by atoms with Crippen LogP contribution in [-0.4, -0.2) is 11.7 Å². The lowest BCUT2D eigenvalue weighted by atomic mass is 10.2. The van der Waals surface area contributed by atoms with Crippen LogP contribution in [-0.2, 0) is 13.2 Å². The van der Waals surface area contributed by atoms with Gasteiger partial charge in [0, 0.05) is 16.6 Å². The molecule has 0 aliphatic rings. The molecular formula is C17H20BrNO2. The minimum absolute atomic E-state index is 0.0450. The second-order valence-electron chi connectivity index (χ2n) is 4.83. The van der Waals surface area contributed by atoms with Crippen LogP contribution in [0.5, 0.6) is 11.5 Å². The molecule has 0 aromatic heterocycles. The highest BCUT2D eigenvalue weighted by atomic mass is 79.9. The van der Waals surface area contributed by atoms with Crippen LogP contribution in [0.2, 0.25) is 0 Å². The zero-order valence-corrected chi connectivity index (χ0v) is 13.7. The summed E-state index contributed by atoms with van der Waals surface area (Å²) in [5.74, 6) is 1.60. The molecular weight excluding hydrogens is 330 g/mol. The van der Waals surface area contributed by atoms with E-state index in [2.05, 4.69) is 34.2 Å². The van der Waals surface area contributed by atoms with Gasteiger partial charge in [-0.05, 0) is 42.8 Å². The van der Waals surface area contributed by atoms with Crippen LogP contribution in [0.1, 0.15) is 24.5 Å². The van der Waals surface area contributed by atoms with Gasteiger partial charge in [-0.1, -0.05) is 41.1 Å². The van der Waals surface area contributed by atoms with Gasteiger partial charge in [-0.25, -0.2) is 0 Å². The number of hydrogen-bond acceptors (Lipinski definition) is 3. The first-order valence-electron chi connectivity index (χ1n) is 7.09. The molecule has 2 aromatic rings. The largest absolute Gasteiger partial charge is 0.457 e. The van der Waals surface area contributed by atoms with Crippen molar-refractivity contribution >= 4 is 15.9 Å². The fourth-order valence-electron chi connectivity index (χ4n) is 1.96. The van der Waals surface area contributed by atoms with Gasteiger partial charge in [0.2, 0.25) is 0 Å². The average molecular weight is 350 g/mol. The lowest BCUT2D eigenvalue weighted by Crippen LogP contribution is -2.14.